The van der Waals surface area contributed by atoms with Crippen molar-refractivity contribution in [3.05, 3.63) is 47.7 Å². The second-order valence-corrected chi connectivity index (χ2v) is 12.9. The van der Waals surface area contributed by atoms with Gasteiger partial charge >= 0.3 is 6.18 Å². The summed E-state index contributed by atoms with van der Waals surface area (Å²) in [6.45, 7) is 5.58. The zero-order valence-electron chi connectivity index (χ0n) is 25.3. The monoisotopic (exact) mass is 642 g/mol. The Balaban J connectivity index is 1.34. The van der Waals surface area contributed by atoms with Crippen molar-refractivity contribution in [3.8, 4) is 6.07 Å². The van der Waals surface area contributed by atoms with E-state index < -0.39 is 11.6 Å². The van der Waals surface area contributed by atoms with Crippen LogP contribution >= 0.6 is 11.9 Å². The molecule has 2 unspecified atom stereocenters. The summed E-state index contributed by atoms with van der Waals surface area (Å²) in [4.78, 5) is 25.2. The Morgan fingerprint density at radius 1 is 1.31 bits per heavy atom. The van der Waals surface area contributed by atoms with Gasteiger partial charge in [0.05, 0.1) is 23.1 Å². The van der Waals surface area contributed by atoms with Gasteiger partial charge in [0.25, 0.3) is 5.91 Å². The van der Waals surface area contributed by atoms with Crippen molar-refractivity contribution < 1.29 is 22.7 Å². The highest BCUT2D eigenvalue weighted by Gasteiger charge is 2.62. The van der Waals surface area contributed by atoms with Crippen molar-refractivity contribution in [1.82, 2.24) is 14.7 Å². The number of carbonyl (C=O) groups excluding carboxylic acids is 1. The molecular weight excluding hydrogens is 605 g/mol. The molecule has 240 valence electrons. The molecule has 1 saturated heterocycles. The van der Waals surface area contributed by atoms with E-state index in [1.807, 2.05) is 0 Å². The van der Waals surface area contributed by atoms with E-state index in [2.05, 4.69) is 45.2 Å². The van der Waals surface area contributed by atoms with Crippen LogP contribution in [0.1, 0.15) is 74.7 Å². The van der Waals surface area contributed by atoms with Crippen LogP contribution in [0.5, 0.6) is 0 Å². The Morgan fingerprint density at radius 2 is 2.11 bits per heavy atom. The maximum Gasteiger partial charge on any atom is 0.394 e. The summed E-state index contributed by atoms with van der Waals surface area (Å²) in [5.74, 6) is 1.33. The fraction of sp³-hybridized carbons (Fsp3) is 0.516. The van der Waals surface area contributed by atoms with Crippen LogP contribution in [-0.2, 0) is 4.74 Å². The van der Waals surface area contributed by atoms with Crippen LogP contribution in [0.25, 0.3) is 0 Å². The Hall–Kier alpha value is -3.99. The first kappa shape index (κ1) is 32.4. The maximum atomic E-state index is 13.6. The van der Waals surface area contributed by atoms with E-state index in [0.29, 0.717) is 39.5 Å². The van der Waals surface area contributed by atoms with Crippen LogP contribution in [0.4, 0.5) is 30.6 Å². The van der Waals surface area contributed by atoms with Crippen molar-refractivity contribution in [2.75, 3.05) is 35.2 Å². The van der Waals surface area contributed by atoms with E-state index in [1.165, 1.54) is 12.3 Å². The molecule has 1 aliphatic carbocycles. The minimum Gasteiger partial charge on any atom is -0.478 e. The summed E-state index contributed by atoms with van der Waals surface area (Å²) in [7, 11) is 0. The van der Waals surface area contributed by atoms with Gasteiger partial charge in [0.15, 0.2) is 0 Å². The number of pyridine rings is 2. The number of hydrogen-bond donors (Lipinski definition) is 4. The minimum absolute atomic E-state index is 0.0995. The Morgan fingerprint density at radius 3 is 2.82 bits per heavy atom. The fourth-order valence-corrected chi connectivity index (χ4v) is 6.62. The predicted molar refractivity (Wildman–Crippen MR) is 167 cm³/mol. The Bertz CT molecular complexity index is 1510. The van der Waals surface area contributed by atoms with E-state index in [0.717, 1.165) is 50.7 Å². The van der Waals surface area contributed by atoms with E-state index in [9.17, 15) is 23.2 Å². The summed E-state index contributed by atoms with van der Waals surface area (Å²) in [5.41, 5.74) is -1.18. The number of nitrogens with zero attached hydrogens (tertiary/aromatic N) is 4. The topological polar surface area (TPSA) is 139 Å². The molecule has 2 aliphatic heterocycles. The molecule has 2 atom stereocenters. The van der Waals surface area contributed by atoms with E-state index in [-0.39, 0.29) is 43.2 Å². The average Bonchev–Trinajstić information content (AvgIpc) is 3.74. The van der Waals surface area contributed by atoms with Crippen LogP contribution in [0.15, 0.2) is 41.6 Å². The predicted octanol–water partition coefficient (Wildman–Crippen LogP) is 6.64. The highest BCUT2D eigenvalue weighted by molar-refractivity contribution is 7.98. The number of anilines is 3. The average molecular weight is 643 g/mol. The number of aromatic nitrogens is 2. The van der Waals surface area contributed by atoms with Gasteiger partial charge in [0.2, 0.25) is 5.90 Å². The second kappa shape index (κ2) is 13.2. The zero-order chi connectivity index (χ0) is 32.2. The molecule has 2 aromatic heterocycles. The van der Waals surface area contributed by atoms with Gasteiger partial charge in [-0.2, -0.15) is 18.4 Å². The number of ether oxygens (including phenoxy) is 1. The second-order valence-electron chi connectivity index (χ2n) is 12.1. The quantitative estimate of drug-likeness (QED) is 0.149. The molecule has 1 saturated carbocycles. The number of alkyl halides is 3. The number of carbonyl (C=O) groups is 1. The van der Waals surface area contributed by atoms with Gasteiger partial charge in [0, 0.05) is 42.9 Å². The molecule has 10 nitrogen and oxygen atoms in total. The largest absolute Gasteiger partial charge is 0.478 e. The Labute approximate surface area is 264 Å². The third kappa shape index (κ3) is 7.30. The molecular formula is C31H37F3N8O2S. The Kier molecular flexibility index (Phi) is 9.48. The molecule has 0 radical (unpaired) electrons. The first-order valence-corrected chi connectivity index (χ1v) is 15.9. The lowest BCUT2D eigenvalue weighted by Crippen LogP contribution is -2.42. The van der Waals surface area contributed by atoms with E-state index >= 15 is 0 Å². The van der Waals surface area contributed by atoms with Gasteiger partial charge in [-0.1, -0.05) is 6.92 Å². The molecule has 0 spiro atoms. The van der Waals surface area contributed by atoms with Crippen LogP contribution in [0.2, 0.25) is 0 Å². The summed E-state index contributed by atoms with van der Waals surface area (Å²) in [6.07, 6.45) is 2.23. The van der Waals surface area contributed by atoms with Crippen molar-refractivity contribution in [3.63, 3.8) is 0 Å². The third-order valence-corrected chi connectivity index (χ3v) is 9.83. The maximum absolute atomic E-state index is 13.6. The molecule has 2 fully saturated rings. The number of nitriles is 1. The fourth-order valence-electron chi connectivity index (χ4n) is 5.95. The third-order valence-electron chi connectivity index (χ3n) is 9.03. The van der Waals surface area contributed by atoms with Crippen molar-refractivity contribution in [2.45, 2.75) is 75.5 Å². The summed E-state index contributed by atoms with van der Waals surface area (Å²) < 4.78 is 47.5. The molecule has 4 N–H and O–H groups in total. The molecule has 2 aromatic rings. The van der Waals surface area contributed by atoms with Gasteiger partial charge in [-0.15, -0.1) is 0 Å². The first-order chi connectivity index (χ1) is 21.5. The first-order valence-electron chi connectivity index (χ1n) is 15.1. The number of nitrogens with one attached hydrogen (secondary N) is 4. The molecule has 4 bridgehead atoms. The normalized spacial score (nSPS) is 22.7. The molecule has 0 aromatic carbocycles. The standard InChI is InChI=1S/C31H37F3N8O2S/c1-3-29(2)17-20-5-4-14-37-25-8-6-21(18-35)28(40-25)45-41-27(43)22-7-9-24(39-26(22)42(29)19-20)38-15-10-23(36)44-16-13-30(11-12-30)31(32,33)34/h6-10,15,20,36H,3-5,11-14,16-17,19H2,1-2H3,(H,37,40)(H,38,39)(H,41,43)/b15-10-,36-23?. The molecule has 5 rings (SSSR count). The highest BCUT2D eigenvalue weighted by Crippen LogP contribution is 2.59. The molecule has 4 heterocycles. The van der Waals surface area contributed by atoms with Crippen LogP contribution in [-0.4, -0.2) is 53.2 Å². The van der Waals surface area contributed by atoms with Gasteiger partial charge in [0.1, 0.15) is 28.5 Å². The SMILES string of the molecule is CCC1(C)CC2CCCNc3ccc(C#N)c(n3)SNC(=O)c3ccc(N/C=C\C(=N)OCCC4(C(F)(F)F)CC4)nc3N1C2. The lowest BCUT2D eigenvalue weighted by Gasteiger charge is -2.36. The number of rotatable bonds is 7. The van der Waals surface area contributed by atoms with Crippen molar-refractivity contribution in [1.29, 1.82) is 10.7 Å². The van der Waals surface area contributed by atoms with Crippen molar-refractivity contribution in [2.24, 2.45) is 11.3 Å². The number of halogens is 3. The van der Waals surface area contributed by atoms with Crippen LogP contribution in [0, 0.1) is 28.1 Å². The van der Waals surface area contributed by atoms with Gasteiger partial charge < -0.3 is 20.3 Å². The van der Waals surface area contributed by atoms with E-state index in [4.69, 9.17) is 15.1 Å². The number of amides is 1. The van der Waals surface area contributed by atoms with Crippen LogP contribution in [0.3, 0.4) is 0 Å². The highest BCUT2D eigenvalue weighted by atomic mass is 32.2. The summed E-state index contributed by atoms with van der Waals surface area (Å²) >= 11 is 0.978. The molecule has 1 amide bonds. The lowest BCUT2D eigenvalue weighted by molar-refractivity contribution is -0.190. The van der Waals surface area contributed by atoms with Crippen molar-refractivity contribution >= 4 is 41.2 Å². The van der Waals surface area contributed by atoms with Crippen LogP contribution < -0.4 is 20.3 Å². The number of hydrogen-bond acceptors (Lipinski definition) is 10. The van der Waals surface area contributed by atoms with Gasteiger partial charge in [-0.25, -0.2) is 9.97 Å². The minimum atomic E-state index is -4.25. The molecule has 3 aliphatic rings. The van der Waals surface area contributed by atoms with E-state index in [1.54, 1.807) is 24.3 Å². The summed E-state index contributed by atoms with van der Waals surface area (Å²) in [5, 5.41) is 24.3. The molecule has 14 heteroatoms. The number of fused-ring (bicyclic) bond motifs is 6. The van der Waals surface area contributed by atoms with Gasteiger partial charge in [-0.05, 0) is 82.1 Å². The summed E-state index contributed by atoms with van der Waals surface area (Å²) in [6, 6.07) is 8.89. The van der Waals surface area contributed by atoms with Gasteiger partial charge in [-0.3, -0.25) is 14.9 Å². The zero-order valence-corrected chi connectivity index (χ0v) is 26.1. The smallest absolute Gasteiger partial charge is 0.394 e. The molecule has 45 heavy (non-hydrogen) atoms. The lowest BCUT2D eigenvalue weighted by atomic mass is 9.89.